The molecule has 1 aliphatic rings. The maximum absolute atomic E-state index is 12.3. The second-order valence-corrected chi connectivity index (χ2v) is 8.16. The number of sulfonamides is 1. The number of hydrogen-bond acceptors (Lipinski definition) is 5. The Kier molecular flexibility index (Phi) is 4.91. The maximum atomic E-state index is 12.3. The fourth-order valence-corrected chi connectivity index (χ4v) is 3.97. The van der Waals surface area contributed by atoms with Crippen molar-refractivity contribution < 1.29 is 17.9 Å². The molecule has 0 amide bonds. The molecule has 1 unspecified atom stereocenters. The van der Waals surface area contributed by atoms with E-state index in [2.05, 4.69) is 5.10 Å². The van der Waals surface area contributed by atoms with Crippen LogP contribution in [0.5, 0.6) is 11.5 Å². The largest absolute Gasteiger partial charge is 0.497 e. The van der Waals surface area contributed by atoms with E-state index >= 15 is 0 Å². The van der Waals surface area contributed by atoms with Gasteiger partial charge >= 0.3 is 0 Å². The highest BCUT2D eigenvalue weighted by Crippen LogP contribution is 2.36. The number of benzene rings is 2. The van der Waals surface area contributed by atoms with Crippen LogP contribution in [0.25, 0.3) is 0 Å². The molecule has 1 heterocycles. The molecule has 0 radical (unpaired) electrons. The molecular formula is C19H22N2O4S. The van der Waals surface area contributed by atoms with Crippen LogP contribution in [0.15, 0.2) is 47.6 Å². The molecule has 0 aromatic heterocycles. The van der Waals surface area contributed by atoms with Crippen molar-refractivity contribution in [1.29, 1.82) is 0 Å². The van der Waals surface area contributed by atoms with E-state index in [-0.39, 0.29) is 6.04 Å². The molecule has 0 saturated carbocycles. The van der Waals surface area contributed by atoms with Gasteiger partial charge in [-0.05, 0) is 24.6 Å². The molecule has 2 aromatic carbocycles. The van der Waals surface area contributed by atoms with Crippen LogP contribution in [-0.2, 0) is 10.0 Å². The predicted molar refractivity (Wildman–Crippen MR) is 101 cm³/mol. The number of ether oxygens (including phenoxy) is 2. The van der Waals surface area contributed by atoms with Gasteiger partial charge in [-0.2, -0.15) is 9.52 Å². The molecule has 0 fully saturated rings. The Labute approximate surface area is 154 Å². The summed E-state index contributed by atoms with van der Waals surface area (Å²) in [6.45, 7) is 1.98. The third-order valence-electron chi connectivity index (χ3n) is 4.32. The number of methoxy groups -OCH3 is 2. The molecule has 26 heavy (non-hydrogen) atoms. The fraction of sp³-hybridized carbons (Fsp3) is 0.316. The van der Waals surface area contributed by atoms with Gasteiger partial charge in [0.1, 0.15) is 11.5 Å². The van der Waals surface area contributed by atoms with Crippen LogP contribution in [0.3, 0.4) is 0 Å². The summed E-state index contributed by atoms with van der Waals surface area (Å²) in [6, 6.07) is 12.9. The highest BCUT2D eigenvalue weighted by molar-refractivity contribution is 7.88. The fourth-order valence-electron chi connectivity index (χ4n) is 3.07. The first-order chi connectivity index (χ1) is 12.3. The average molecular weight is 374 g/mol. The zero-order valence-corrected chi connectivity index (χ0v) is 16.1. The van der Waals surface area contributed by atoms with Crippen molar-refractivity contribution in [3.8, 4) is 11.5 Å². The quantitative estimate of drug-likeness (QED) is 0.806. The van der Waals surface area contributed by atoms with E-state index in [1.165, 1.54) is 10.7 Å². The van der Waals surface area contributed by atoms with Gasteiger partial charge in [-0.1, -0.05) is 29.8 Å². The molecule has 6 nitrogen and oxygen atoms in total. The highest BCUT2D eigenvalue weighted by atomic mass is 32.2. The summed E-state index contributed by atoms with van der Waals surface area (Å²) in [5.74, 6) is 1.26. The Morgan fingerprint density at radius 1 is 1.08 bits per heavy atom. The first-order valence-corrected chi connectivity index (χ1v) is 10.0. The van der Waals surface area contributed by atoms with E-state index in [4.69, 9.17) is 9.47 Å². The van der Waals surface area contributed by atoms with E-state index in [0.29, 0.717) is 23.6 Å². The van der Waals surface area contributed by atoms with Gasteiger partial charge in [-0.15, -0.1) is 0 Å². The van der Waals surface area contributed by atoms with Crippen molar-refractivity contribution in [2.24, 2.45) is 5.10 Å². The second kappa shape index (κ2) is 6.99. The van der Waals surface area contributed by atoms with Crippen LogP contribution in [0.4, 0.5) is 0 Å². The van der Waals surface area contributed by atoms with Crippen LogP contribution < -0.4 is 9.47 Å². The summed E-state index contributed by atoms with van der Waals surface area (Å²) < 4.78 is 36.4. The smallest absolute Gasteiger partial charge is 0.247 e. The van der Waals surface area contributed by atoms with Gasteiger partial charge in [-0.25, -0.2) is 8.42 Å². The molecule has 1 aliphatic heterocycles. The van der Waals surface area contributed by atoms with Gasteiger partial charge in [0.25, 0.3) is 0 Å². The van der Waals surface area contributed by atoms with Crippen LogP contribution in [-0.4, -0.2) is 39.0 Å². The topological polar surface area (TPSA) is 68.2 Å². The van der Waals surface area contributed by atoms with Crippen LogP contribution in [0.2, 0.25) is 0 Å². The molecule has 0 saturated heterocycles. The maximum Gasteiger partial charge on any atom is 0.247 e. The Bertz CT molecular complexity index is 932. The Morgan fingerprint density at radius 3 is 2.27 bits per heavy atom. The van der Waals surface area contributed by atoms with Crippen LogP contribution in [0.1, 0.15) is 29.2 Å². The Balaban J connectivity index is 2.05. The lowest BCUT2D eigenvalue weighted by Crippen LogP contribution is -2.25. The van der Waals surface area contributed by atoms with Gasteiger partial charge in [0.05, 0.1) is 32.2 Å². The van der Waals surface area contributed by atoms with Crippen molar-refractivity contribution in [2.45, 2.75) is 19.4 Å². The monoisotopic (exact) mass is 374 g/mol. The van der Waals surface area contributed by atoms with E-state index in [1.807, 2.05) is 43.3 Å². The SMILES string of the molecule is COc1cc(OC)cc(C2=NN(S(C)(=O)=O)C(c3cccc(C)c3)C2)c1. The summed E-state index contributed by atoms with van der Waals surface area (Å²) in [5, 5.41) is 4.42. The van der Waals surface area contributed by atoms with E-state index in [1.54, 1.807) is 20.3 Å². The number of nitrogens with zero attached hydrogens (tertiary/aromatic N) is 2. The Hall–Kier alpha value is -2.54. The molecule has 0 spiro atoms. The first kappa shape index (κ1) is 18.3. The molecule has 3 rings (SSSR count). The summed E-state index contributed by atoms with van der Waals surface area (Å²) >= 11 is 0. The zero-order valence-electron chi connectivity index (χ0n) is 15.3. The van der Waals surface area contributed by atoms with Gasteiger partial charge in [-0.3, -0.25) is 0 Å². The summed E-state index contributed by atoms with van der Waals surface area (Å²) in [6.07, 6.45) is 1.65. The third-order valence-corrected chi connectivity index (χ3v) is 5.34. The lowest BCUT2D eigenvalue weighted by atomic mass is 9.98. The van der Waals surface area contributed by atoms with Crippen molar-refractivity contribution >= 4 is 15.7 Å². The van der Waals surface area contributed by atoms with Crippen molar-refractivity contribution in [3.63, 3.8) is 0 Å². The Morgan fingerprint density at radius 2 is 1.73 bits per heavy atom. The molecule has 7 heteroatoms. The first-order valence-electron chi connectivity index (χ1n) is 8.18. The number of aryl methyl sites for hydroxylation is 1. The zero-order chi connectivity index (χ0) is 18.9. The van der Waals surface area contributed by atoms with Gasteiger partial charge < -0.3 is 9.47 Å². The molecule has 1 atom stereocenters. The standard InChI is InChI=1S/C19H22N2O4S/c1-13-6-5-7-14(8-13)19-12-18(20-21(19)26(4,22)23)15-9-16(24-2)11-17(10-15)25-3/h5-11,19H,12H2,1-4H3. The molecule has 0 aliphatic carbocycles. The lowest BCUT2D eigenvalue weighted by molar-refractivity contribution is 0.374. The van der Waals surface area contributed by atoms with E-state index < -0.39 is 10.0 Å². The minimum absolute atomic E-state index is 0.364. The summed E-state index contributed by atoms with van der Waals surface area (Å²) in [7, 11) is -0.348. The van der Waals surface area contributed by atoms with Crippen molar-refractivity contribution in [2.75, 3.05) is 20.5 Å². The third kappa shape index (κ3) is 3.67. The van der Waals surface area contributed by atoms with E-state index in [9.17, 15) is 8.42 Å². The van der Waals surface area contributed by atoms with Crippen molar-refractivity contribution in [1.82, 2.24) is 4.41 Å². The minimum atomic E-state index is -3.50. The molecule has 0 bridgehead atoms. The minimum Gasteiger partial charge on any atom is -0.497 e. The van der Waals surface area contributed by atoms with Crippen molar-refractivity contribution in [3.05, 3.63) is 59.2 Å². The van der Waals surface area contributed by atoms with Crippen LogP contribution >= 0.6 is 0 Å². The number of hydrogen-bond donors (Lipinski definition) is 0. The van der Waals surface area contributed by atoms with Crippen LogP contribution in [0, 0.1) is 6.92 Å². The number of rotatable bonds is 5. The predicted octanol–water partition coefficient (Wildman–Crippen LogP) is 3.12. The molecular weight excluding hydrogens is 352 g/mol. The average Bonchev–Trinajstić information content (AvgIpc) is 3.07. The molecule has 2 aromatic rings. The summed E-state index contributed by atoms with van der Waals surface area (Å²) in [4.78, 5) is 0. The second-order valence-electron chi connectivity index (χ2n) is 6.32. The van der Waals surface area contributed by atoms with Gasteiger partial charge in [0.15, 0.2) is 0 Å². The lowest BCUT2D eigenvalue weighted by Gasteiger charge is -2.21. The van der Waals surface area contributed by atoms with E-state index in [0.717, 1.165) is 16.7 Å². The summed E-state index contributed by atoms with van der Waals surface area (Å²) in [5.41, 5.74) is 3.46. The van der Waals surface area contributed by atoms with Gasteiger partial charge in [0.2, 0.25) is 10.0 Å². The molecule has 138 valence electrons. The normalized spacial score (nSPS) is 17.2. The highest BCUT2D eigenvalue weighted by Gasteiger charge is 2.34. The molecule has 0 N–H and O–H groups in total. The van der Waals surface area contributed by atoms with Gasteiger partial charge in [0, 0.05) is 18.1 Å². The number of hydrazone groups is 1.